The average molecular weight is 311 g/mol. The molecule has 10 heteroatoms. The lowest BCUT2D eigenvalue weighted by Crippen LogP contribution is -2.51. The number of fused-ring (bicyclic) bond motifs is 2. The van der Waals surface area contributed by atoms with Crippen LogP contribution < -0.4 is 5.73 Å². The van der Waals surface area contributed by atoms with Crippen molar-refractivity contribution < 1.29 is 24.1 Å². The summed E-state index contributed by atoms with van der Waals surface area (Å²) in [4.78, 5) is 14.4. The largest absolute Gasteiger partial charge is 0.394 e. The maximum atomic E-state index is 9.48. The molecule has 0 aliphatic carbocycles. The Morgan fingerprint density at radius 3 is 2.91 bits per heavy atom. The lowest BCUT2D eigenvalue weighted by molar-refractivity contribution is -0.258. The molecule has 7 unspecified atom stereocenters. The predicted octanol–water partition coefficient (Wildman–Crippen LogP) is -2.14. The molecule has 0 aromatic rings. The Morgan fingerprint density at radius 2 is 2.14 bits per heavy atom. The molecule has 7 atom stereocenters. The van der Waals surface area contributed by atoms with Gasteiger partial charge >= 0.3 is 0 Å². The molecule has 0 aromatic carbocycles. The number of amidine groups is 1. The highest BCUT2D eigenvalue weighted by Gasteiger charge is 2.56. The summed E-state index contributed by atoms with van der Waals surface area (Å²) in [6, 6.07) is -0.333. The molecule has 4 rings (SSSR count). The Balaban J connectivity index is 1.57. The number of hydrogen-bond donors (Lipinski definition) is 2. The molecular formula is C12H17N5O5. The maximum absolute atomic E-state index is 9.48. The zero-order valence-electron chi connectivity index (χ0n) is 11.8. The fourth-order valence-electron chi connectivity index (χ4n) is 3.11. The molecule has 4 heterocycles. The van der Waals surface area contributed by atoms with Crippen molar-refractivity contribution in [2.24, 2.45) is 20.7 Å². The first-order valence-electron chi connectivity index (χ1n) is 6.98. The van der Waals surface area contributed by atoms with Crippen LogP contribution in [0.5, 0.6) is 0 Å². The minimum atomic E-state index is -0.771. The van der Waals surface area contributed by atoms with Crippen LogP contribution in [0.25, 0.3) is 0 Å². The van der Waals surface area contributed by atoms with Gasteiger partial charge in [-0.1, -0.05) is 0 Å². The van der Waals surface area contributed by atoms with Gasteiger partial charge in [-0.2, -0.15) is 0 Å². The lowest BCUT2D eigenvalue weighted by Gasteiger charge is -2.32. The number of ether oxygens (including phenoxy) is 4. The molecule has 0 amide bonds. The van der Waals surface area contributed by atoms with E-state index in [1.807, 2.05) is 4.90 Å². The fourth-order valence-corrected chi connectivity index (χ4v) is 3.11. The van der Waals surface area contributed by atoms with Crippen molar-refractivity contribution in [1.82, 2.24) is 4.90 Å². The van der Waals surface area contributed by atoms with E-state index < -0.39 is 31.0 Å². The van der Waals surface area contributed by atoms with Crippen molar-refractivity contribution in [3.63, 3.8) is 0 Å². The summed E-state index contributed by atoms with van der Waals surface area (Å²) in [5.74, 6) is 0.408. The number of aliphatic hydroxyl groups is 1. The van der Waals surface area contributed by atoms with Crippen LogP contribution in [-0.2, 0) is 18.9 Å². The van der Waals surface area contributed by atoms with Gasteiger partial charge in [0.25, 0.3) is 6.48 Å². The number of aliphatic hydroxyl groups excluding tert-OH is 1. The third-order valence-corrected chi connectivity index (χ3v) is 4.17. The molecule has 2 saturated heterocycles. The van der Waals surface area contributed by atoms with E-state index in [-0.39, 0.29) is 18.8 Å². The van der Waals surface area contributed by atoms with Gasteiger partial charge in [0.05, 0.1) is 12.9 Å². The number of aliphatic imine (C=N–C) groups is 3. The second kappa shape index (κ2) is 5.25. The van der Waals surface area contributed by atoms with Crippen molar-refractivity contribution in [3.8, 4) is 0 Å². The summed E-state index contributed by atoms with van der Waals surface area (Å²) in [5, 5.41) is 9.48. The first-order chi connectivity index (χ1) is 10.7. The van der Waals surface area contributed by atoms with Gasteiger partial charge in [-0.15, -0.1) is 0 Å². The number of rotatable bonds is 3. The third kappa shape index (κ3) is 1.96. The van der Waals surface area contributed by atoms with Crippen LogP contribution in [0.3, 0.4) is 0 Å². The van der Waals surface area contributed by atoms with Gasteiger partial charge < -0.3 is 34.7 Å². The second-order valence-corrected chi connectivity index (χ2v) is 5.36. The molecule has 120 valence electrons. The van der Waals surface area contributed by atoms with Crippen LogP contribution in [0, 0.1) is 0 Å². The summed E-state index contributed by atoms with van der Waals surface area (Å²) < 4.78 is 22.2. The predicted molar refractivity (Wildman–Crippen MR) is 74.3 cm³/mol. The first kappa shape index (κ1) is 14.0. The zero-order chi connectivity index (χ0) is 15.3. The zero-order valence-corrected chi connectivity index (χ0v) is 11.8. The molecule has 10 nitrogen and oxygen atoms in total. The van der Waals surface area contributed by atoms with Gasteiger partial charge in [0.15, 0.2) is 12.4 Å². The Labute approximate surface area is 126 Å². The Kier molecular flexibility index (Phi) is 3.35. The Bertz CT molecular complexity index is 540. The monoisotopic (exact) mass is 311 g/mol. The van der Waals surface area contributed by atoms with Crippen LogP contribution in [0.2, 0.25) is 0 Å². The number of methoxy groups -OCH3 is 1. The third-order valence-electron chi connectivity index (χ3n) is 4.17. The van der Waals surface area contributed by atoms with Crippen LogP contribution in [0.15, 0.2) is 15.0 Å². The molecule has 0 aromatic heterocycles. The maximum Gasteiger partial charge on any atom is 0.272 e. The van der Waals surface area contributed by atoms with Crippen molar-refractivity contribution in [2.75, 3.05) is 13.7 Å². The molecular weight excluding hydrogens is 294 g/mol. The normalized spacial score (nSPS) is 46.0. The van der Waals surface area contributed by atoms with Crippen molar-refractivity contribution in [3.05, 3.63) is 0 Å². The standard InChI is InChI=1S/C12H17N5O5/c1-19-12-21-7-5(2-18)20-11(8(7)22-12)17-4-16-6-9(13)14-3-15-10(6)17/h3-8,10-12,18H,2H2,1H3,(H2,13,14,15). The molecule has 22 heavy (non-hydrogen) atoms. The van der Waals surface area contributed by atoms with E-state index >= 15 is 0 Å². The van der Waals surface area contributed by atoms with E-state index in [1.165, 1.54) is 13.4 Å². The second-order valence-electron chi connectivity index (χ2n) is 5.36. The fraction of sp³-hybridized carbons (Fsp3) is 0.750. The highest BCUT2D eigenvalue weighted by molar-refractivity contribution is 5.96. The van der Waals surface area contributed by atoms with E-state index in [0.717, 1.165) is 0 Å². The van der Waals surface area contributed by atoms with Gasteiger partial charge in [0, 0.05) is 7.11 Å². The quantitative estimate of drug-likeness (QED) is 0.609. The van der Waals surface area contributed by atoms with Gasteiger partial charge in [-0.05, 0) is 0 Å². The molecule has 0 bridgehead atoms. The van der Waals surface area contributed by atoms with Crippen LogP contribution >= 0.6 is 0 Å². The minimum Gasteiger partial charge on any atom is -0.394 e. The topological polar surface area (TPSA) is 123 Å². The summed E-state index contributed by atoms with van der Waals surface area (Å²) in [7, 11) is 1.49. The number of hydrogen-bond acceptors (Lipinski definition) is 10. The number of nitrogens with two attached hydrogens (primary N) is 1. The highest BCUT2D eigenvalue weighted by Crippen LogP contribution is 2.37. The van der Waals surface area contributed by atoms with E-state index in [2.05, 4.69) is 15.0 Å². The van der Waals surface area contributed by atoms with E-state index in [1.54, 1.807) is 6.34 Å². The Morgan fingerprint density at radius 1 is 1.32 bits per heavy atom. The summed E-state index contributed by atoms with van der Waals surface area (Å²) in [6.45, 7) is -0.948. The molecule has 0 saturated carbocycles. The molecule has 0 radical (unpaired) electrons. The van der Waals surface area contributed by atoms with Crippen LogP contribution in [0.1, 0.15) is 0 Å². The van der Waals surface area contributed by atoms with Gasteiger partial charge in [-0.3, -0.25) is 4.99 Å². The smallest absolute Gasteiger partial charge is 0.272 e. The van der Waals surface area contributed by atoms with E-state index in [9.17, 15) is 5.11 Å². The van der Waals surface area contributed by atoms with Gasteiger partial charge in [0.1, 0.15) is 36.5 Å². The molecule has 3 N–H and O–H groups in total. The summed E-state index contributed by atoms with van der Waals surface area (Å²) >= 11 is 0. The number of nitrogens with zero attached hydrogens (tertiary/aromatic N) is 4. The molecule has 2 fully saturated rings. The van der Waals surface area contributed by atoms with Gasteiger partial charge in [0.2, 0.25) is 0 Å². The van der Waals surface area contributed by atoms with E-state index in [0.29, 0.717) is 5.84 Å². The summed E-state index contributed by atoms with van der Waals surface area (Å²) in [5.41, 5.74) is 5.85. The average Bonchev–Trinajstić information content (AvgIpc) is 3.19. The van der Waals surface area contributed by atoms with Crippen molar-refractivity contribution in [1.29, 1.82) is 0 Å². The highest BCUT2D eigenvalue weighted by atomic mass is 16.9. The summed E-state index contributed by atoms with van der Waals surface area (Å²) in [6.07, 6.45) is 0.897. The molecule has 0 spiro atoms. The van der Waals surface area contributed by atoms with Crippen LogP contribution in [0.4, 0.5) is 0 Å². The van der Waals surface area contributed by atoms with Crippen molar-refractivity contribution in [2.45, 2.75) is 43.2 Å². The first-order valence-corrected chi connectivity index (χ1v) is 6.98. The molecule has 4 aliphatic heterocycles. The molecule has 4 aliphatic rings. The minimum absolute atomic E-state index is 0.177. The lowest BCUT2D eigenvalue weighted by atomic mass is 10.1. The van der Waals surface area contributed by atoms with Gasteiger partial charge in [-0.25, -0.2) is 9.98 Å². The van der Waals surface area contributed by atoms with Crippen LogP contribution in [-0.4, -0.2) is 85.5 Å². The van der Waals surface area contributed by atoms with E-state index in [4.69, 9.17) is 24.7 Å². The SMILES string of the molecule is COC1OC2C(CO)OC(N3C=NC4C(N)=NC=NC43)C2O1. The Hall–Kier alpha value is -1.59. The van der Waals surface area contributed by atoms with Crippen molar-refractivity contribution >= 4 is 18.5 Å².